The molecular formula is C14H23NO2. The summed E-state index contributed by atoms with van der Waals surface area (Å²) >= 11 is 0. The van der Waals surface area contributed by atoms with E-state index >= 15 is 0 Å². The molecule has 0 saturated heterocycles. The van der Waals surface area contributed by atoms with Crippen molar-refractivity contribution in [3.05, 3.63) is 29.3 Å². The third-order valence-corrected chi connectivity index (χ3v) is 2.69. The van der Waals surface area contributed by atoms with E-state index in [2.05, 4.69) is 20.8 Å². The maximum Gasteiger partial charge on any atom is 0.140 e. The van der Waals surface area contributed by atoms with Gasteiger partial charge in [-0.2, -0.15) is 0 Å². The van der Waals surface area contributed by atoms with Gasteiger partial charge in [-0.25, -0.2) is 0 Å². The van der Waals surface area contributed by atoms with Gasteiger partial charge >= 0.3 is 0 Å². The number of nitrogens with two attached hydrogens (primary N) is 1. The lowest BCUT2D eigenvalue weighted by Gasteiger charge is -2.25. The lowest BCUT2D eigenvalue weighted by Crippen LogP contribution is -2.33. The molecule has 1 unspecified atom stereocenters. The standard InChI is InChI=1S/C14H23NO2/c1-6-17-12-9-10(13(2,3)4)7-8-11(12)14(5,15)16/h7-9,16H,6,15H2,1-5H3. The Morgan fingerprint density at radius 2 is 1.82 bits per heavy atom. The zero-order chi connectivity index (χ0) is 13.3. The Balaban J connectivity index is 3.27. The van der Waals surface area contributed by atoms with Crippen LogP contribution in [0.25, 0.3) is 0 Å². The number of benzene rings is 1. The van der Waals surface area contributed by atoms with Crippen LogP contribution in [0.4, 0.5) is 0 Å². The quantitative estimate of drug-likeness (QED) is 0.794. The van der Waals surface area contributed by atoms with Crippen molar-refractivity contribution < 1.29 is 9.84 Å². The molecule has 1 aromatic rings. The zero-order valence-electron chi connectivity index (χ0n) is 11.4. The van der Waals surface area contributed by atoms with E-state index in [0.717, 1.165) is 5.56 Å². The Morgan fingerprint density at radius 1 is 1.24 bits per heavy atom. The van der Waals surface area contributed by atoms with Gasteiger partial charge in [-0.15, -0.1) is 0 Å². The first-order valence-corrected chi connectivity index (χ1v) is 5.95. The van der Waals surface area contributed by atoms with E-state index in [9.17, 15) is 5.11 Å². The number of ether oxygens (including phenoxy) is 1. The molecule has 0 aliphatic carbocycles. The topological polar surface area (TPSA) is 55.5 Å². The van der Waals surface area contributed by atoms with Crippen LogP contribution in [-0.2, 0) is 11.1 Å². The molecule has 0 radical (unpaired) electrons. The number of hydrogen-bond donors (Lipinski definition) is 2. The largest absolute Gasteiger partial charge is 0.493 e. The molecule has 17 heavy (non-hydrogen) atoms. The molecule has 0 fully saturated rings. The minimum atomic E-state index is -1.37. The molecule has 0 heterocycles. The Hall–Kier alpha value is -1.06. The molecular weight excluding hydrogens is 214 g/mol. The average Bonchev–Trinajstić information content (AvgIpc) is 2.15. The van der Waals surface area contributed by atoms with Crippen LogP contribution < -0.4 is 10.5 Å². The highest BCUT2D eigenvalue weighted by molar-refractivity contribution is 5.42. The Morgan fingerprint density at radius 3 is 2.24 bits per heavy atom. The fraction of sp³-hybridized carbons (Fsp3) is 0.571. The molecule has 1 rings (SSSR count). The summed E-state index contributed by atoms with van der Waals surface area (Å²) in [6.45, 7) is 10.4. The summed E-state index contributed by atoms with van der Waals surface area (Å²) in [7, 11) is 0. The minimum Gasteiger partial charge on any atom is -0.493 e. The van der Waals surface area contributed by atoms with Crippen molar-refractivity contribution >= 4 is 0 Å². The molecule has 0 aliphatic rings. The van der Waals surface area contributed by atoms with Crippen LogP contribution in [0.5, 0.6) is 5.75 Å². The molecule has 96 valence electrons. The first-order chi connectivity index (χ1) is 7.66. The first kappa shape index (κ1) is 14.0. The molecule has 3 N–H and O–H groups in total. The summed E-state index contributed by atoms with van der Waals surface area (Å²) in [5.74, 6) is 0.660. The normalized spacial score (nSPS) is 15.5. The van der Waals surface area contributed by atoms with E-state index in [-0.39, 0.29) is 5.41 Å². The van der Waals surface area contributed by atoms with Crippen LogP contribution in [0, 0.1) is 0 Å². The summed E-state index contributed by atoms with van der Waals surface area (Å²) in [5, 5.41) is 9.89. The van der Waals surface area contributed by atoms with Crippen molar-refractivity contribution in [1.29, 1.82) is 0 Å². The number of rotatable bonds is 3. The summed E-state index contributed by atoms with van der Waals surface area (Å²) in [5.41, 5.74) is 6.17. The lowest BCUT2D eigenvalue weighted by atomic mass is 9.85. The van der Waals surface area contributed by atoms with Crippen LogP contribution in [0.1, 0.15) is 45.7 Å². The third kappa shape index (κ3) is 3.45. The highest BCUT2D eigenvalue weighted by atomic mass is 16.5. The van der Waals surface area contributed by atoms with Crippen molar-refractivity contribution in [1.82, 2.24) is 0 Å². The van der Waals surface area contributed by atoms with Crippen LogP contribution in [-0.4, -0.2) is 11.7 Å². The van der Waals surface area contributed by atoms with Gasteiger partial charge in [0, 0.05) is 5.56 Å². The highest BCUT2D eigenvalue weighted by Gasteiger charge is 2.24. The van der Waals surface area contributed by atoms with Crippen molar-refractivity contribution in [2.45, 2.75) is 45.8 Å². The number of aliphatic hydroxyl groups is 1. The molecule has 0 aromatic heterocycles. The monoisotopic (exact) mass is 237 g/mol. The van der Waals surface area contributed by atoms with Gasteiger partial charge in [0.25, 0.3) is 0 Å². The van der Waals surface area contributed by atoms with Crippen molar-refractivity contribution in [3.63, 3.8) is 0 Å². The fourth-order valence-corrected chi connectivity index (χ4v) is 1.68. The van der Waals surface area contributed by atoms with Gasteiger partial charge in [0.15, 0.2) is 0 Å². The van der Waals surface area contributed by atoms with Crippen molar-refractivity contribution in [2.24, 2.45) is 5.73 Å². The second kappa shape index (κ2) is 4.67. The van der Waals surface area contributed by atoms with E-state index in [1.54, 1.807) is 6.92 Å². The second-order valence-corrected chi connectivity index (χ2v) is 5.54. The smallest absolute Gasteiger partial charge is 0.140 e. The predicted molar refractivity (Wildman–Crippen MR) is 70.1 cm³/mol. The van der Waals surface area contributed by atoms with E-state index in [4.69, 9.17) is 10.5 Å². The van der Waals surface area contributed by atoms with Crippen LogP contribution in [0.2, 0.25) is 0 Å². The van der Waals surface area contributed by atoms with E-state index in [1.165, 1.54) is 0 Å². The van der Waals surface area contributed by atoms with Crippen LogP contribution in [0.3, 0.4) is 0 Å². The zero-order valence-corrected chi connectivity index (χ0v) is 11.4. The third-order valence-electron chi connectivity index (χ3n) is 2.69. The molecule has 3 heteroatoms. The Kier molecular flexibility index (Phi) is 3.84. The SMILES string of the molecule is CCOc1cc(C(C)(C)C)ccc1C(C)(N)O. The highest BCUT2D eigenvalue weighted by Crippen LogP contribution is 2.32. The first-order valence-electron chi connectivity index (χ1n) is 5.95. The molecule has 1 aromatic carbocycles. The fourth-order valence-electron chi connectivity index (χ4n) is 1.68. The maximum absolute atomic E-state index is 9.89. The van der Waals surface area contributed by atoms with Gasteiger partial charge in [0.1, 0.15) is 11.5 Å². The molecule has 1 atom stereocenters. The van der Waals surface area contributed by atoms with Gasteiger partial charge in [0.05, 0.1) is 6.61 Å². The molecule has 0 spiro atoms. The average molecular weight is 237 g/mol. The van der Waals surface area contributed by atoms with Gasteiger partial charge < -0.3 is 9.84 Å². The van der Waals surface area contributed by atoms with Crippen LogP contribution in [0.15, 0.2) is 18.2 Å². The second-order valence-electron chi connectivity index (χ2n) is 5.54. The van der Waals surface area contributed by atoms with Crippen LogP contribution >= 0.6 is 0 Å². The van der Waals surface area contributed by atoms with Gasteiger partial charge in [-0.1, -0.05) is 32.9 Å². The van der Waals surface area contributed by atoms with E-state index in [0.29, 0.717) is 17.9 Å². The van der Waals surface area contributed by atoms with E-state index in [1.807, 2.05) is 25.1 Å². The Labute approximate surface area is 104 Å². The van der Waals surface area contributed by atoms with Gasteiger partial charge in [-0.05, 0) is 30.9 Å². The van der Waals surface area contributed by atoms with Gasteiger partial charge in [-0.3, -0.25) is 5.73 Å². The Bertz CT molecular complexity index is 386. The molecule has 0 aliphatic heterocycles. The molecule has 3 nitrogen and oxygen atoms in total. The van der Waals surface area contributed by atoms with Crippen molar-refractivity contribution in [3.8, 4) is 5.75 Å². The number of hydrogen-bond acceptors (Lipinski definition) is 3. The molecule has 0 saturated carbocycles. The van der Waals surface area contributed by atoms with Crippen molar-refractivity contribution in [2.75, 3.05) is 6.61 Å². The maximum atomic E-state index is 9.89. The van der Waals surface area contributed by atoms with Gasteiger partial charge in [0.2, 0.25) is 0 Å². The summed E-state index contributed by atoms with van der Waals surface area (Å²) in [6.07, 6.45) is 0. The lowest BCUT2D eigenvalue weighted by molar-refractivity contribution is 0.0612. The van der Waals surface area contributed by atoms with E-state index < -0.39 is 5.72 Å². The molecule has 0 bridgehead atoms. The summed E-state index contributed by atoms with van der Waals surface area (Å²) in [4.78, 5) is 0. The summed E-state index contributed by atoms with van der Waals surface area (Å²) in [6, 6.07) is 5.78. The summed E-state index contributed by atoms with van der Waals surface area (Å²) < 4.78 is 5.56. The minimum absolute atomic E-state index is 0.0465. The predicted octanol–water partition coefficient (Wildman–Crippen LogP) is 2.51. The molecule has 0 amide bonds.